The van der Waals surface area contributed by atoms with Gasteiger partial charge in [0.1, 0.15) is 0 Å². The molecule has 1 saturated carbocycles. The zero-order valence-corrected chi connectivity index (χ0v) is 8.96. The van der Waals surface area contributed by atoms with Gasteiger partial charge in [0.25, 0.3) is 0 Å². The van der Waals surface area contributed by atoms with Crippen LogP contribution in [0.15, 0.2) is 0 Å². The second-order valence-electron chi connectivity index (χ2n) is 3.56. The summed E-state index contributed by atoms with van der Waals surface area (Å²) in [5, 5.41) is 8.17. The van der Waals surface area contributed by atoms with Crippen LogP contribution in [0.5, 0.6) is 0 Å². The van der Waals surface area contributed by atoms with E-state index in [1.54, 1.807) is 0 Å². The van der Waals surface area contributed by atoms with Crippen molar-refractivity contribution >= 4 is 16.0 Å². The van der Waals surface area contributed by atoms with Gasteiger partial charge >= 0.3 is 5.97 Å². The quantitative estimate of drug-likeness (QED) is 0.699. The van der Waals surface area contributed by atoms with Gasteiger partial charge in [-0.1, -0.05) is 0 Å². The largest absolute Gasteiger partial charge is 0.481 e. The molecule has 0 aromatic carbocycles. The SMILES string of the molecule is CN(CCCC(=O)O)S(=O)(=O)C1CC1. The van der Waals surface area contributed by atoms with Crippen molar-refractivity contribution in [3.05, 3.63) is 0 Å². The van der Waals surface area contributed by atoms with Crippen LogP contribution < -0.4 is 0 Å². The lowest BCUT2D eigenvalue weighted by molar-refractivity contribution is -0.137. The Bertz CT molecular complexity index is 307. The molecule has 6 heteroatoms. The maximum atomic E-state index is 11.5. The lowest BCUT2D eigenvalue weighted by Gasteiger charge is -2.15. The average molecular weight is 221 g/mol. The summed E-state index contributed by atoms with van der Waals surface area (Å²) in [7, 11) is -1.61. The van der Waals surface area contributed by atoms with E-state index in [0.29, 0.717) is 13.0 Å². The maximum Gasteiger partial charge on any atom is 0.303 e. The lowest BCUT2D eigenvalue weighted by Crippen LogP contribution is -2.31. The summed E-state index contributed by atoms with van der Waals surface area (Å²) in [6.45, 7) is 0.297. The molecule has 1 aliphatic carbocycles. The van der Waals surface area contributed by atoms with Crippen LogP contribution >= 0.6 is 0 Å². The number of nitrogens with zero attached hydrogens (tertiary/aromatic N) is 1. The number of aliphatic carboxylic acids is 1. The van der Waals surface area contributed by atoms with E-state index >= 15 is 0 Å². The van der Waals surface area contributed by atoms with Crippen molar-refractivity contribution in [2.24, 2.45) is 0 Å². The molecule has 1 fully saturated rings. The summed E-state index contributed by atoms with van der Waals surface area (Å²) in [5.41, 5.74) is 0. The van der Waals surface area contributed by atoms with Crippen molar-refractivity contribution in [1.29, 1.82) is 0 Å². The van der Waals surface area contributed by atoms with Crippen molar-refractivity contribution in [3.8, 4) is 0 Å². The van der Waals surface area contributed by atoms with Gasteiger partial charge in [0.15, 0.2) is 0 Å². The third-order valence-electron chi connectivity index (χ3n) is 2.24. The Morgan fingerprint density at radius 1 is 1.50 bits per heavy atom. The molecule has 14 heavy (non-hydrogen) atoms. The molecule has 0 spiro atoms. The van der Waals surface area contributed by atoms with Crippen LogP contribution in [0.25, 0.3) is 0 Å². The van der Waals surface area contributed by atoms with E-state index in [2.05, 4.69) is 0 Å². The Balaban J connectivity index is 2.34. The van der Waals surface area contributed by atoms with Crippen LogP contribution in [-0.2, 0) is 14.8 Å². The minimum atomic E-state index is -3.12. The third-order valence-corrected chi connectivity index (χ3v) is 4.61. The van der Waals surface area contributed by atoms with Crippen molar-refractivity contribution in [3.63, 3.8) is 0 Å². The second kappa shape index (κ2) is 4.27. The van der Waals surface area contributed by atoms with E-state index in [-0.39, 0.29) is 11.7 Å². The van der Waals surface area contributed by atoms with Gasteiger partial charge in [-0.3, -0.25) is 4.79 Å². The van der Waals surface area contributed by atoms with Crippen LogP contribution in [0.2, 0.25) is 0 Å². The zero-order chi connectivity index (χ0) is 10.8. The molecule has 0 amide bonds. The predicted molar refractivity (Wildman–Crippen MR) is 51.4 cm³/mol. The first-order valence-electron chi connectivity index (χ1n) is 4.61. The number of hydrogen-bond donors (Lipinski definition) is 1. The molecule has 0 aromatic heterocycles. The fourth-order valence-electron chi connectivity index (χ4n) is 1.20. The molecule has 0 aliphatic heterocycles. The van der Waals surface area contributed by atoms with Gasteiger partial charge in [0.2, 0.25) is 10.0 Å². The monoisotopic (exact) mass is 221 g/mol. The van der Waals surface area contributed by atoms with Crippen molar-refractivity contribution in [2.75, 3.05) is 13.6 Å². The van der Waals surface area contributed by atoms with Gasteiger partial charge in [-0.15, -0.1) is 0 Å². The lowest BCUT2D eigenvalue weighted by atomic mass is 10.3. The molecule has 0 aromatic rings. The highest BCUT2D eigenvalue weighted by Gasteiger charge is 2.38. The minimum absolute atomic E-state index is 0.0184. The van der Waals surface area contributed by atoms with E-state index in [1.165, 1.54) is 11.4 Å². The van der Waals surface area contributed by atoms with Gasteiger partial charge in [0, 0.05) is 20.0 Å². The van der Waals surface area contributed by atoms with E-state index in [0.717, 1.165) is 12.8 Å². The fourth-order valence-corrected chi connectivity index (χ4v) is 2.82. The van der Waals surface area contributed by atoms with Crippen molar-refractivity contribution in [2.45, 2.75) is 30.9 Å². The van der Waals surface area contributed by atoms with E-state index in [9.17, 15) is 13.2 Å². The van der Waals surface area contributed by atoms with E-state index in [4.69, 9.17) is 5.11 Å². The molecule has 0 unspecified atom stereocenters. The first-order valence-corrected chi connectivity index (χ1v) is 6.12. The topological polar surface area (TPSA) is 74.7 Å². The number of carboxylic acids is 1. The first-order chi connectivity index (χ1) is 6.44. The third kappa shape index (κ3) is 2.95. The Hall–Kier alpha value is -0.620. The fraction of sp³-hybridized carbons (Fsp3) is 0.875. The number of carbonyl (C=O) groups is 1. The van der Waals surface area contributed by atoms with Gasteiger partial charge in [0.05, 0.1) is 5.25 Å². The van der Waals surface area contributed by atoms with E-state index in [1.807, 2.05) is 0 Å². The van der Waals surface area contributed by atoms with Crippen LogP contribution in [0.3, 0.4) is 0 Å². The minimum Gasteiger partial charge on any atom is -0.481 e. The van der Waals surface area contributed by atoms with Gasteiger partial charge < -0.3 is 5.11 Å². The van der Waals surface area contributed by atoms with Gasteiger partial charge in [-0.05, 0) is 19.3 Å². The summed E-state index contributed by atoms with van der Waals surface area (Å²) >= 11 is 0. The van der Waals surface area contributed by atoms with Crippen LogP contribution in [-0.4, -0.2) is 42.6 Å². The predicted octanol–water partition coefficient (Wildman–Crippen LogP) is 0.275. The number of hydrogen-bond acceptors (Lipinski definition) is 3. The molecule has 0 heterocycles. The molecule has 1 rings (SSSR count). The van der Waals surface area contributed by atoms with Crippen LogP contribution in [0.4, 0.5) is 0 Å². The van der Waals surface area contributed by atoms with Crippen LogP contribution in [0.1, 0.15) is 25.7 Å². The summed E-state index contributed by atoms with van der Waals surface area (Å²) in [6.07, 6.45) is 1.87. The first kappa shape index (κ1) is 11.5. The molecule has 0 saturated heterocycles. The van der Waals surface area contributed by atoms with Crippen molar-refractivity contribution < 1.29 is 18.3 Å². The van der Waals surface area contributed by atoms with E-state index < -0.39 is 16.0 Å². The molecular weight excluding hydrogens is 206 g/mol. The Morgan fingerprint density at radius 2 is 2.07 bits per heavy atom. The number of sulfonamides is 1. The molecule has 0 radical (unpaired) electrons. The molecule has 0 atom stereocenters. The maximum absolute atomic E-state index is 11.5. The Kier molecular flexibility index (Phi) is 3.49. The molecule has 82 valence electrons. The molecule has 5 nitrogen and oxygen atoms in total. The zero-order valence-electron chi connectivity index (χ0n) is 8.14. The Morgan fingerprint density at radius 3 is 2.50 bits per heavy atom. The summed E-state index contributed by atoms with van der Waals surface area (Å²) in [4.78, 5) is 10.2. The molecule has 0 bridgehead atoms. The van der Waals surface area contributed by atoms with Crippen LogP contribution in [0, 0.1) is 0 Å². The number of rotatable bonds is 6. The molecule has 1 aliphatic rings. The van der Waals surface area contributed by atoms with Gasteiger partial charge in [-0.2, -0.15) is 0 Å². The molecular formula is C8H15NO4S. The second-order valence-corrected chi connectivity index (χ2v) is 5.88. The van der Waals surface area contributed by atoms with Gasteiger partial charge in [-0.25, -0.2) is 12.7 Å². The highest BCUT2D eigenvalue weighted by molar-refractivity contribution is 7.90. The average Bonchev–Trinajstić information content (AvgIpc) is 2.85. The smallest absolute Gasteiger partial charge is 0.303 e. The highest BCUT2D eigenvalue weighted by atomic mass is 32.2. The van der Waals surface area contributed by atoms with Crippen molar-refractivity contribution in [1.82, 2.24) is 4.31 Å². The Labute approximate surface area is 83.8 Å². The molecule has 1 N–H and O–H groups in total. The summed E-state index contributed by atoms with van der Waals surface area (Å²) < 4.78 is 24.4. The summed E-state index contributed by atoms with van der Waals surface area (Å²) in [6, 6.07) is 0. The number of carboxylic acid groups (broad SMARTS) is 1. The normalized spacial score (nSPS) is 17.3. The highest BCUT2D eigenvalue weighted by Crippen LogP contribution is 2.30. The summed E-state index contributed by atoms with van der Waals surface area (Å²) in [5.74, 6) is -0.887. The standard InChI is InChI=1S/C8H15NO4S/c1-9(6-2-3-8(10)11)14(12,13)7-4-5-7/h7H,2-6H2,1H3,(H,10,11).